The maximum Gasteiger partial charge on any atom is 0.127 e. The van der Waals surface area contributed by atoms with Gasteiger partial charge >= 0.3 is 0 Å². The van der Waals surface area contributed by atoms with Gasteiger partial charge in [-0.3, -0.25) is 0 Å². The van der Waals surface area contributed by atoms with Crippen LogP contribution in [-0.4, -0.2) is 23.2 Å². The Bertz CT molecular complexity index is 624. The highest BCUT2D eigenvalue weighted by Crippen LogP contribution is 2.41. The summed E-state index contributed by atoms with van der Waals surface area (Å²) in [4.78, 5) is 4.93. The fourth-order valence-corrected chi connectivity index (χ4v) is 3.26. The van der Waals surface area contributed by atoms with Crippen molar-refractivity contribution in [1.82, 2.24) is 14.9 Å². The maximum absolute atomic E-state index is 5.33. The van der Waals surface area contributed by atoms with Crippen molar-refractivity contribution in [3.05, 3.63) is 24.0 Å². The molecule has 1 atom stereocenters. The van der Waals surface area contributed by atoms with Gasteiger partial charge in [0.25, 0.3) is 0 Å². The number of aromatic nitrogens is 2. The Kier molecular flexibility index (Phi) is 2.91. The number of imidazole rings is 1. The second-order valence-corrected chi connectivity index (χ2v) is 5.93. The normalized spacial score (nSPS) is 23.1. The Balaban J connectivity index is 1.83. The number of methoxy groups -OCH3 is 1. The molecule has 1 aromatic heterocycles. The summed E-state index contributed by atoms with van der Waals surface area (Å²) >= 11 is 0. The van der Waals surface area contributed by atoms with E-state index < -0.39 is 0 Å². The molecular formula is C16H21N3O. The molecule has 2 aliphatic rings. The van der Waals surface area contributed by atoms with E-state index in [2.05, 4.69) is 22.0 Å². The second-order valence-electron chi connectivity index (χ2n) is 5.93. The molecule has 4 rings (SSSR count). The monoisotopic (exact) mass is 271 g/mol. The standard InChI is InChI=1S/C16H21N3O/c1-20-12-7-8-15-14(10-12)18-16(19(15)11-5-6-11)13-4-2-3-9-17-13/h7-8,10-11,13,17H,2-6,9H2,1H3. The Morgan fingerprint density at radius 1 is 1.25 bits per heavy atom. The van der Waals surface area contributed by atoms with Gasteiger partial charge in [-0.1, -0.05) is 6.42 Å². The highest BCUT2D eigenvalue weighted by molar-refractivity contribution is 5.78. The van der Waals surface area contributed by atoms with Gasteiger partial charge in [0.2, 0.25) is 0 Å². The van der Waals surface area contributed by atoms with E-state index >= 15 is 0 Å². The van der Waals surface area contributed by atoms with Gasteiger partial charge in [0, 0.05) is 12.1 Å². The lowest BCUT2D eigenvalue weighted by atomic mass is 10.0. The first-order valence-electron chi connectivity index (χ1n) is 7.66. The third kappa shape index (κ3) is 1.99. The molecule has 1 aliphatic heterocycles. The van der Waals surface area contributed by atoms with Gasteiger partial charge < -0.3 is 14.6 Å². The summed E-state index contributed by atoms with van der Waals surface area (Å²) < 4.78 is 7.80. The molecule has 106 valence electrons. The molecule has 4 nitrogen and oxygen atoms in total. The number of fused-ring (bicyclic) bond motifs is 1. The largest absolute Gasteiger partial charge is 0.497 e. The predicted molar refractivity (Wildman–Crippen MR) is 79.2 cm³/mol. The third-order valence-corrected chi connectivity index (χ3v) is 4.46. The molecular weight excluding hydrogens is 250 g/mol. The van der Waals surface area contributed by atoms with Gasteiger partial charge in [-0.05, 0) is 44.4 Å². The second kappa shape index (κ2) is 4.77. The molecule has 4 heteroatoms. The van der Waals surface area contributed by atoms with Gasteiger partial charge in [-0.15, -0.1) is 0 Å². The van der Waals surface area contributed by atoms with E-state index in [1.807, 2.05) is 6.07 Å². The van der Waals surface area contributed by atoms with Crippen LogP contribution in [0.2, 0.25) is 0 Å². The van der Waals surface area contributed by atoms with Crippen molar-refractivity contribution in [3.8, 4) is 5.75 Å². The quantitative estimate of drug-likeness (QED) is 0.931. The lowest BCUT2D eigenvalue weighted by Crippen LogP contribution is -2.29. The average molecular weight is 271 g/mol. The minimum atomic E-state index is 0.419. The van der Waals surface area contributed by atoms with Crippen LogP contribution < -0.4 is 10.1 Å². The number of rotatable bonds is 3. The zero-order valence-electron chi connectivity index (χ0n) is 11.9. The van der Waals surface area contributed by atoms with Crippen molar-refractivity contribution >= 4 is 11.0 Å². The summed E-state index contributed by atoms with van der Waals surface area (Å²) in [5.74, 6) is 2.12. The third-order valence-electron chi connectivity index (χ3n) is 4.46. The SMILES string of the molecule is COc1ccc2c(c1)nc(C1CCCCN1)n2C1CC1. The van der Waals surface area contributed by atoms with E-state index in [1.54, 1.807) is 7.11 Å². The number of nitrogens with one attached hydrogen (secondary N) is 1. The van der Waals surface area contributed by atoms with Gasteiger partial charge in [0.05, 0.1) is 24.2 Å². The summed E-state index contributed by atoms with van der Waals surface area (Å²) in [6, 6.07) is 7.34. The fraction of sp³-hybridized carbons (Fsp3) is 0.562. The van der Waals surface area contributed by atoms with Crippen LogP contribution in [0.25, 0.3) is 11.0 Å². The van der Waals surface area contributed by atoms with E-state index in [9.17, 15) is 0 Å². The molecule has 1 aliphatic carbocycles. The molecule has 20 heavy (non-hydrogen) atoms. The molecule has 0 amide bonds. The number of hydrogen-bond donors (Lipinski definition) is 1. The van der Waals surface area contributed by atoms with Crippen LogP contribution in [-0.2, 0) is 0 Å². The molecule has 0 bridgehead atoms. The lowest BCUT2D eigenvalue weighted by Gasteiger charge is -2.24. The highest BCUT2D eigenvalue weighted by Gasteiger charge is 2.31. The first kappa shape index (κ1) is 12.2. The zero-order chi connectivity index (χ0) is 13.5. The molecule has 1 saturated heterocycles. The lowest BCUT2D eigenvalue weighted by molar-refractivity contribution is 0.387. The van der Waals surface area contributed by atoms with Crippen LogP contribution in [0.15, 0.2) is 18.2 Å². The molecule has 1 unspecified atom stereocenters. The summed E-state index contributed by atoms with van der Waals surface area (Å²) in [6.07, 6.45) is 6.37. The minimum absolute atomic E-state index is 0.419. The van der Waals surface area contributed by atoms with E-state index in [0.717, 1.165) is 17.8 Å². The van der Waals surface area contributed by atoms with Crippen LogP contribution >= 0.6 is 0 Å². The molecule has 0 radical (unpaired) electrons. The van der Waals surface area contributed by atoms with Gasteiger partial charge in [0.15, 0.2) is 0 Å². The fourth-order valence-electron chi connectivity index (χ4n) is 3.26. The van der Waals surface area contributed by atoms with Crippen molar-refractivity contribution in [2.24, 2.45) is 0 Å². The Labute approximate surface area is 119 Å². The predicted octanol–water partition coefficient (Wildman–Crippen LogP) is 3.19. The summed E-state index contributed by atoms with van der Waals surface area (Å²) in [5, 5.41) is 3.63. The summed E-state index contributed by atoms with van der Waals surface area (Å²) in [5.41, 5.74) is 2.33. The van der Waals surface area contributed by atoms with E-state index in [-0.39, 0.29) is 0 Å². The van der Waals surface area contributed by atoms with Gasteiger partial charge in [-0.25, -0.2) is 4.98 Å². The minimum Gasteiger partial charge on any atom is -0.497 e. The smallest absolute Gasteiger partial charge is 0.127 e. The molecule has 1 aromatic carbocycles. The molecule has 1 saturated carbocycles. The number of benzene rings is 1. The van der Waals surface area contributed by atoms with Crippen molar-refractivity contribution in [2.45, 2.75) is 44.2 Å². The Hall–Kier alpha value is -1.55. The first-order chi connectivity index (χ1) is 9.86. The van der Waals surface area contributed by atoms with Crippen molar-refractivity contribution in [2.75, 3.05) is 13.7 Å². The van der Waals surface area contributed by atoms with Crippen molar-refractivity contribution in [1.29, 1.82) is 0 Å². The Morgan fingerprint density at radius 2 is 2.15 bits per heavy atom. The van der Waals surface area contributed by atoms with Crippen LogP contribution in [0.4, 0.5) is 0 Å². The van der Waals surface area contributed by atoms with E-state index in [4.69, 9.17) is 9.72 Å². The number of piperidine rings is 1. The van der Waals surface area contributed by atoms with Gasteiger partial charge in [0.1, 0.15) is 11.6 Å². The number of ether oxygens (including phenoxy) is 1. The van der Waals surface area contributed by atoms with Gasteiger partial charge in [-0.2, -0.15) is 0 Å². The summed E-state index contributed by atoms with van der Waals surface area (Å²) in [6.45, 7) is 1.11. The van der Waals surface area contributed by atoms with Crippen LogP contribution in [0.5, 0.6) is 5.75 Å². The van der Waals surface area contributed by atoms with Crippen LogP contribution in [0, 0.1) is 0 Å². The summed E-state index contributed by atoms with van der Waals surface area (Å²) in [7, 11) is 1.71. The highest BCUT2D eigenvalue weighted by atomic mass is 16.5. The van der Waals surface area contributed by atoms with Crippen LogP contribution in [0.1, 0.15) is 50.0 Å². The molecule has 2 aromatic rings. The van der Waals surface area contributed by atoms with Crippen molar-refractivity contribution in [3.63, 3.8) is 0 Å². The maximum atomic E-state index is 5.33. The van der Waals surface area contributed by atoms with E-state index in [1.165, 1.54) is 43.4 Å². The average Bonchev–Trinajstić information content (AvgIpc) is 3.27. The first-order valence-corrected chi connectivity index (χ1v) is 7.66. The van der Waals surface area contributed by atoms with Crippen molar-refractivity contribution < 1.29 is 4.74 Å². The molecule has 2 heterocycles. The Morgan fingerprint density at radius 3 is 2.85 bits per heavy atom. The topological polar surface area (TPSA) is 39.1 Å². The zero-order valence-corrected chi connectivity index (χ0v) is 11.9. The molecule has 1 N–H and O–H groups in total. The van der Waals surface area contributed by atoms with Crippen LogP contribution in [0.3, 0.4) is 0 Å². The van der Waals surface area contributed by atoms with E-state index in [0.29, 0.717) is 12.1 Å². The molecule has 2 fully saturated rings. The number of hydrogen-bond acceptors (Lipinski definition) is 3. The molecule has 0 spiro atoms. The number of nitrogens with zero attached hydrogens (tertiary/aromatic N) is 2.